The largest absolute Gasteiger partial charge is 0.497 e. The first kappa shape index (κ1) is 14.9. The maximum atomic E-state index is 12.3. The molecule has 0 unspecified atom stereocenters. The Hall–Kier alpha value is -1.53. The summed E-state index contributed by atoms with van der Waals surface area (Å²) >= 11 is 3.38. The molecule has 0 saturated carbocycles. The number of hydrogen-bond donors (Lipinski definition) is 1. The number of hydrogen-bond acceptors (Lipinski definition) is 3. The molecule has 4 nitrogen and oxygen atoms in total. The summed E-state index contributed by atoms with van der Waals surface area (Å²) < 4.78 is 32.9. The molecule has 20 heavy (non-hydrogen) atoms. The number of sulfonamides is 1. The van der Waals surface area contributed by atoms with E-state index in [0.717, 1.165) is 10.0 Å². The minimum absolute atomic E-state index is 0.187. The van der Waals surface area contributed by atoms with Gasteiger partial charge in [0.25, 0.3) is 10.0 Å². The number of rotatable bonds is 4. The number of anilines is 1. The van der Waals surface area contributed by atoms with Crippen LogP contribution < -0.4 is 9.46 Å². The second-order valence-electron chi connectivity index (χ2n) is 4.22. The van der Waals surface area contributed by atoms with Crippen LogP contribution >= 0.6 is 15.9 Å². The Balaban J connectivity index is 2.33. The third-order valence-electron chi connectivity index (χ3n) is 2.81. The lowest BCUT2D eigenvalue weighted by atomic mass is 10.2. The Bertz CT molecular complexity index is 712. The first-order chi connectivity index (χ1) is 9.44. The molecule has 2 rings (SSSR count). The molecule has 0 atom stereocenters. The average Bonchev–Trinajstić information content (AvgIpc) is 2.44. The normalized spacial score (nSPS) is 11.2. The van der Waals surface area contributed by atoms with Gasteiger partial charge < -0.3 is 4.74 Å². The SMILES string of the molecule is COc1ccc(S(=O)(=O)Nc2cccc(C)c2Br)cc1. The lowest BCUT2D eigenvalue weighted by Crippen LogP contribution is -2.13. The van der Waals surface area contributed by atoms with Crippen molar-refractivity contribution >= 4 is 31.6 Å². The molecule has 1 N–H and O–H groups in total. The first-order valence-electron chi connectivity index (χ1n) is 5.86. The van der Waals surface area contributed by atoms with Crippen LogP contribution in [-0.2, 0) is 10.0 Å². The second-order valence-corrected chi connectivity index (χ2v) is 6.69. The van der Waals surface area contributed by atoms with Crippen LogP contribution in [0.4, 0.5) is 5.69 Å². The van der Waals surface area contributed by atoms with Crippen LogP contribution in [0, 0.1) is 6.92 Å². The van der Waals surface area contributed by atoms with Gasteiger partial charge in [0, 0.05) is 4.47 Å². The van der Waals surface area contributed by atoms with Crippen LogP contribution in [0.25, 0.3) is 0 Å². The number of halogens is 1. The van der Waals surface area contributed by atoms with Crippen molar-refractivity contribution in [3.8, 4) is 5.75 Å². The Morgan fingerprint density at radius 2 is 1.75 bits per heavy atom. The molecule has 0 aliphatic heterocycles. The molecule has 6 heteroatoms. The molecule has 0 spiro atoms. The lowest BCUT2D eigenvalue weighted by molar-refractivity contribution is 0.414. The maximum Gasteiger partial charge on any atom is 0.261 e. The number of methoxy groups -OCH3 is 1. The van der Waals surface area contributed by atoms with Crippen molar-refractivity contribution in [3.05, 3.63) is 52.5 Å². The molecule has 0 aromatic heterocycles. The van der Waals surface area contributed by atoms with E-state index in [1.807, 2.05) is 13.0 Å². The predicted molar refractivity (Wildman–Crippen MR) is 82.7 cm³/mol. The van der Waals surface area contributed by atoms with Gasteiger partial charge in [0.15, 0.2) is 0 Å². The summed E-state index contributed by atoms with van der Waals surface area (Å²) in [7, 11) is -2.08. The van der Waals surface area contributed by atoms with Crippen LogP contribution in [0.15, 0.2) is 51.8 Å². The molecule has 0 radical (unpaired) electrons. The third-order valence-corrected chi connectivity index (χ3v) is 5.24. The summed E-state index contributed by atoms with van der Waals surface area (Å²) in [4.78, 5) is 0.187. The lowest BCUT2D eigenvalue weighted by Gasteiger charge is -2.11. The van der Waals surface area contributed by atoms with Crippen molar-refractivity contribution in [1.82, 2.24) is 0 Å². The van der Waals surface area contributed by atoms with Crippen LogP contribution in [0.3, 0.4) is 0 Å². The number of aryl methyl sites for hydroxylation is 1. The van der Waals surface area contributed by atoms with E-state index in [9.17, 15) is 8.42 Å². The van der Waals surface area contributed by atoms with E-state index in [2.05, 4.69) is 20.7 Å². The van der Waals surface area contributed by atoms with E-state index in [1.54, 1.807) is 24.3 Å². The highest BCUT2D eigenvalue weighted by atomic mass is 79.9. The van der Waals surface area contributed by atoms with E-state index in [0.29, 0.717) is 11.4 Å². The molecular weight excluding hydrogens is 342 g/mol. The zero-order valence-electron chi connectivity index (χ0n) is 11.1. The van der Waals surface area contributed by atoms with E-state index >= 15 is 0 Å². The van der Waals surface area contributed by atoms with Crippen LogP contribution in [0.2, 0.25) is 0 Å². The van der Waals surface area contributed by atoms with E-state index < -0.39 is 10.0 Å². The van der Waals surface area contributed by atoms with Gasteiger partial charge in [-0.3, -0.25) is 4.72 Å². The fourth-order valence-corrected chi connectivity index (χ4v) is 3.25. The smallest absolute Gasteiger partial charge is 0.261 e. The summed E-state index contributed by atoms with van der Waals surface area (Å²) in [6.07, 6.45) is 0. The number of benzene rings is 2. The molecule has 0 bridgehead atoms. The molecule has 2 aromatic carbocycles. The van der Waals surface area contributed by atoms with Crippen molar-refractivity contribution in [2.75, 3.05) is 11.8 Å². The van der Waals surface area contributed by atoms with Crippen LogP contribution in [0.1, 0.15) is 5.56 Å². The standard InChI is InChI=1S/C14H14BrNO3S/c1-10-4-3-5-13(14(10)15)16-20(17,18)12-8-6-11(19-2)7-9-12/h3-9,16H,1-2H3. The van der Waals surface area contributed by atoms with Gasteiger partial charge in [0.2, 0.25) is 0 Å². The van der Waals surface area contributed by atoms with Gasteiger partial charge >= 0.3 is 0 Å². The molecule has 0 fully saturated rings. The summed E-state index contributed by atoms with van der Waals surface area (Å²) in [6.45, 7) is 1.90. The minimum Gasteiger partial charge on any atom is -0.497 e. The molecule has 0 aliphatic carbocycles. The van der Waals surface area contributed by atoms with Crippen LogP contribution in [-0.4, -0.2) is 15.5 Å². The van der Waals surface area contributed by atoms with Gasteiger partial charge in [-0.2, -0.15) is 0 Å². The highest BCUT2D eigenvalue weighted by molar-refractivity contribution is 9.10. The molecular formula is C14H14BrNO3S. The fourth-order valence-electron chi connectivity index (χ4n) is 1.68. The molecule has 0 aliphatic rings. The van der Waals surface area contributed by atoms with Crippen molar-refractivity contribution < 1.29 is 13.2 Å². The molecule has 0 heterocycles. The van der Waals surface area contributed by atoms with E-state index in [1.165, 1.54) is 19.2 Å². The molecule has 2 aromatic rings. The van der Waals surface area contributed by atoms with Gasteiger partial charge in [-0.15, -0.1) is 0 Å². The Morgan fingerprint density at radius 1 is 1.10 bits per heavy atom. The minimum atomic E-state index is -3.61. The molecule has 0 amide bonds. The van der Waals surface area contributed by atoms with Gasteiger partial charge in [-0.25, -0.2) is 8.42 Å². The molecule has 0 saturated heterocycles. The Kier molecular flexibility index (Phi) is 4.35. The van der Waals surface area contributed by atoms with Gasteiger partial charge in [0.1, 0.15) is 5.75 Å². The highest BCUT2D eigenvalue weighted by Crippen LogP contribution is 2.28. The average molecular weight is 356 g/mol. The van der Waals surface area contributed by atoms with E-state index in [4.69, 9.17) is 4.74 Å². The summed E-state index contributed by atoms with van der Waals surface area (Å²) in [5.74, 6) is 0.612. The topological polar surface area (TPSA) is 55.4 Å². The predicted octanol–water partition coefficient (Wildman–Crippen LogP) is 3.57. The second kappa shape index (κ2) is 5.85. The van der Waals surface area contributed by atoms with Crippen molar-refractivity contribution in [3.63, 3.8) is 0 Å². The summed E-state index contributed by atoms with van der Waals surface area (Å²) in [5.41, 5.74) is 1.47. The maximum absolute atomic E-state index is 12.3. The van der Waals surface area contributed by atoms with Crippen LogP contribution in [0.5, 0.6) is 5.75 Å². The van der Waals surface area contributed by atoms with E-state index in [-0.39, 0.29) is 4.90 Å². The number of nitrogens with one attached hydrogen (secondary N) is 1. The van der Waals surface area contributed by atoms with Gasteiger partial charge in [-0.05, 0) is 58.7 Å². The first-order valence-corrected chi connectivity index (χ1v) is 8.13. The fraction of sp³-hybridized carbons (Fsp3) is 0.143. The molecule has 106 valence electrons. The Labute approximate surface area is 127 Å². The van der Waals surface area contributed by atoms with Gasteiger partial charge in [-0.1, -0.05) is 12.1 Å². The monoisotopic (exact) mass is 355 g/mol. The highest BCUT2D eigenvalue weighted by Gasteiger charge is 2.16. The van der Waals surface area contributed by atoms with Crippen molar-refractivity contribution in [2.45, 2.75) is 11.8 Å². The third kappa shape index (κ3) is 3.13. The summed E-state index contributed by atoms with van der Waals surface area (Å²) in [6, 6.07) is 11.6. The Morgan fingerprint density at radius 3 is 2.35 bits per heavy atom. The number of ether oxygens (including phenoxy) is 1. The zero-order valence-corrected chi connectivity index (χ0v) is 13.5. The summed E-state index contributed by atoms with van der Waals surface area (Å²) in [5, 5.41) is 0. The zero-order chi connectivity index (χ0) is 14.8. The quantitative estimate of drug-likeness (QED) is 0.911. The van der Waals surface area contributed by atoms with Crippen molar-refractivity contribution in [2.24, 2.45) is 0 Å². The van der Waals surface area contributed by atoms with Gasteiger partial charge in [0.05, 0.1) is 17.7 Å². The van der Waals surface area contributed by atoms with Crippen molar-refractivity contribution in [1.29, 1.82) is 0 Å².